The number of nitrogens with zero attached hydrogens (tertiary/aromatic N) is 1. The predicted molar refractivity (Wildman–Crippen MR) is 69.6 cm³/mol. The van der Waals surface area contributed by atoms with Crippen LogP contribution in [0.15, 0.2) is 24.3 Å². The lowest BCUT2D eigenvalue weighted by atomic mass is 10.1. The minimum atomic E-state index is 0.526. The van der Waals surface area contributed by atoms with Gasteiger partial charge in [-0.2, -0.15) is 0 Å². The van der Waals surface area contributed by atoms with E-state index in [9.17, 15) is 0 Å². The van der Waals surface area contributed by atoms with Crippen molar-refractivity contribution >= 4 is 10.9 Å². The van der Waals surface area contributed by atoms with E-state index in [4.69, 9.17) is 0 Å². The highest BCUT2D eigenvalue weighted by atomic mass is 15.0. The number of aryl methyl sites for hydroxylation is 1. The number of para-hydroxylation sites is 1. The molecule has 0 spiro atoms. The highest BCUT2D eigenvalue weighted by Gasteiger charge is 2.10. The van der Waals surface area contributed by atoms with Crippen LogP contribution in [0, 0.1) is 6.92 Å². The fourth-order valence-corrected chi connectivity index (χ4v) is 2.13. The summed E-state index contributed by atoms with van der Waals surface area (Å²) in [6, 6.07) is 9.13. The van der Waals surface area contributed by atoms with Gasteiger partial charge in [0, 0.05) is 36.2 Å². The number of hydrogen-bond acceptors (Lipinski definition) is 1. The lowest BCUT2D eigenvalue weighted by Gasteiger charge is -2.08. The molecule has 1 aromatic carbocycles. The third-order valence-electron chi connectivity index (χ3n) is 3.22. The van der Waals surface area contributed by atoms with Gasteiger partial charge in [0.1, 0.15) is 0 Å². The van der Waals surface area contributed by atoms with Gasteiger partial charge in [0.15, 0.2) is 0 Å². The van der Waals surface area contributed by atoms with Gasteiger partial charge in [0.2, 0.25) is 0 Å². The molecule has 0 unspecified atom stereocenters. The van der Waals surface area contributed by atoms with Crippen molar-refractivity contribution in [3.63, 3.8) is 0 Å². The molecule has 0 aliphatic rings. The highest BCUT2D eigenvalue weighted by molar-refractivity contribution is 5.85. The molecule has 2 heteroatoms. The van der Waals surface area contributed by atoms with E-state index in [1.807, 2.05) is 0 Å². The fraction of sp³-hybridized carbons (Fsp3) is 0.429. The number of hydrogen-bond donors (Lipinski definition) is 1. The van der Waals surface area contributed by atoms with E-state index in [0.717, 1.165) is 6.54 Å². The second-order valence-electron chi connectivity index (χ2n) is 4.68. The standard InChI is InChI=1S/C14H20N2/c1-10(2)15-9-13-11(3)16(4)14-8-6-5-7-12(13)14/h5-8,10,15H,9H2,1-4H3. The maximum absolute atomic E-state index is 3.49. The molecule has 0 aliphatic carbocycles. The zero-order valence-electron chi connectivity index (χ0n) is 10.5. The molecule has 0 saturated heterocycles. The van der Waals surface area contributed by atoms with Crippen molar-refractivity contribution in [1.82, 2.24) is 9.88 Å². The van der Waals surface area contributed by atoms with Crippen LogP contribution in [0.4, 0.5) is 0 Å². The monoisotopic (exact) mass is 216 g/mol. The van der Waals surface area contributed by atoms with Gasteiger partial charge in [-0.15, -0.1) is 0 Å². The van der Waals surface area contributed by atoms with Crippen LogP contribution in [0.25, 0.3) is 10.9 Å². The zero-order valence-corrected chi connectivity index (χ0v) is 10.5. The normalized spacial score (nSPS) is 11.6. The van der Waals surface area contributed by atoms with Crippen molar-refractivity contribution in [3.8, 4) is 0 Å². The van der Waals surface area contributed by atoms with E-state index < -0.39 is 0 Å². The fourth-order valence-electron chi connectivity index (χ4n) is 2.13. The van der Waals surface area contributed by atoms with Gasteiger partial charge in [-0.1, -0.05) is 32.0 Å². The van der Waals surface area contributed by atoms with E-state index in [-0.39, 0.29) is 0 Å². The van der Waals surface area contributed by atoms with Crippen LogP contribution in [0.3, 0.4) is 0 Å². The molecule has 0 aliphatic heterocycles. The Hall–Kier alpha value is -1.28. The van der Waals surface area contributed by atoms with E-state index in [0.29, 0.717) is 6.04 Å². The minimum absolute atomic E-state index is 0.526. The van der Waals surface area contributed by atoms with Crippen molar-refractivity contribution in [2.24, 2.45) is 7.05 Å². The molecule has 0 amide bonds. The largest absolute Gasteiger partial charge is 0.348 e. The number of fused-ring (bicyclic) bond motifs is 1. The molecule has 0 bridgehead atoms. The number of benzene rings is 1. The summed E-state index contributed by atoms with van der Waals surface area (Å²) in [4.78, 5) is 0. The molecule has 1 heterocycles. The maximum atomic E-state index is 3.49. The molecule has 0 atom stereocenters. The number of nitrogens with one attached hydrogen (secondary N) is 1. The Morgan fingerprint density at radius 2 is 1.94 bits per heavy atom. The number of rotatable bonds is 3. The first-order valence-electron chi connectivity index (χ1n) is 5.87. The summed E-state index contributed by atoms with van der Waals surface area (Å²) in [6.45, 7) is 7.50. The average molecular weight is 216 g/mol. The lowest BCUT2D eigenvalue weighted by molar-refractivity contribution is 0.588. The lowest BCUT2D eigenvalue weighted by Crippen LogP contribution is -2.22. The van der Waals surface area contributed by atoms with Gasteiger partial charge >= 0.3 is 0 Å². The summed E-state index contributed by atoms with van der Waals surface area (Å²) >= 11 is 0. The van der Waals surface area contributed by atoms with Gasteiger partial charge in [-0.3, -0.25) is 0 Å². The Labute approximate surface area is 97.3 Å². The van der Waals surface area contributed by atoms with Crippen LogP contribution in [-0.4, -0.2) is 10.6 Å². The molecule has 1 N–H and O–H groups in total. The van der Waals surface area contributed by atoms with Crippen LogP contribution >= 0.6 is 0 Å². The molecular weight excluding hydrogens is 196 g/mol. The zero-order chi connectivity index (χ0) is 11.7. The third-order valence-corrected chi connectivity index (χ3v) is 3.22. The molecule has 2 aromatic rings. The smallest absolute Gasteiger partial charge is 0.0483 e. The number of aromatic nitrogens is 1. The van der Waals surface area contributed by atoms with Crippen LogP contribution < -0.4 is 5.32 Å². The van der Waals surface area contributed by atoms with E-state index in [1.165, 1.54) is 22.2 Å². The van der Waals surface area contributed by atoms with Crippen molar-refractivity contribution in [1.29, 1.82) is 0 Å². The first-order valence-corrected chi connectivity index (χ1v) is 5.87. The van der Waals surface area contributed by atoms with Crippen LogP contribution in [0.5, 0.6) is 0 Å². The van der Waals surface area contributed by atoms with E-state index in [1.54, 1.807) is 0 Å². The third kappa shape index (κ3) is 1.85. The van der Waals surface area contributed by atoms with Gasteiger partial charge in [-0.05, 0) is 18.6 Å². The van der Waals surface area contributed by atoms with Crippen molar-refractivity contribution in [2.75, 3.05) is 0 Å². The Morgan fingerprint density at radius 3 is 2.62 bits per heavy atom. The van der Waals surface area contributed by atoms with Crippen molar-refractivity contribution in [2.45, 2.75) is 33.4 Å². The summed E-state index contributed by atoms with van der Waals surface area (Å²) in [5.41, 5.74) is 4.10. The summed E-state index contributed by atoms with van der Waals surface area (Å²) in [7, 11) is 2.14. The van der Waals surface area contributed by atoms with E-state index >= 15 is 0 Å². The molecule has 0 radical (unpaired) electrons. The van der Waals surface area contributed by atoms with Crippen LogP contribution in [-0.2, 0) is 13.6 Å². The summed E-state index contributed by atoms with van der Waals surface area (Å²) < 4.78 is 2.27. The molecule has 86 valence electrons. The van der Waals surface area contributed by atoms with E-state index in [2.05, 4.69) is 62.0 Å². The topological polar surface area (TPSA) is 17.0 Å². The Balaban J connectivity index is 2.47. The molecule has 0 fully saturated rings. The average Bonchev–Trinajstić information content (AvgIpc) is 2.50. The van der Waals surface area contributed by atoms with Crippen molar-refractivity contribution in [3.05, 3.63) is 35.5 Å². The molecular formula is C14H20N2. The first-order chi connectivity index (χ1) is 7.61. The molecule has 2 rings (SSSR count). The van der Waals surface area contributed by atoms with Gasteiger partial charge in [-0.25, -0.2) is 0 Å². The van der Waals surface area contributed by atoms with Crippen LogP contribution in [0.1, 0.15) is 25.1 Å². The summed E-state index contributed by atoms with van der Waals surface area (Å²) in [5.74, 6) is 0. The Kier molecular flexibility index (Phi) is 3.01. The SMILES string of the molecule is Cc1c(CNC(C)C)c2ccccc2n1C. The molecule has 2 nitrogen and oxygen atoms in total. The molecule has 0 saturated carbocycles. The molecule has 1 aromatic heterocycles. The van der Waals surface area contributed by atoms with Gasteiger partial charge in [0.05, 0.1) is 0 Å². The second kappa shape index (κ2) is 4.30. The minimum Gasteiger partial charge on any atom is -0.348 e. The van der Waals surface area contributed by atoms with Gasteiger partial charge in [0.25, 0.3) is 0 Å². The Bertz CT molecular complexity index is 495. The van der Waals surface area contributed by atoms with Gasteiger partial charge < -0.3 is 9.88 Å². The summed E-state index contributed by atoms with van der Waals surface area (Å²) in [5, 5.41) is 4.87. The van der Waals surface area contributed by atoms with Crippen LogP contribution in [0.2, 0.25) is 0 Å². The maximum Gasteiger partial charge on any atom is 0.0483 e. The molecule has 16 heavy (non-hydrogen) atoms. The highest BCUT2D eigenvalue weighted by Crippen LogP contribution is 2.24. The van der Waals surface area contributed by atoms with Crippen molar-refractivity contribution < 1.29 is 0 Å². The Morgan fingerprint density at radius 1 is 1.25 bits per heavy atom. The summed E-state index contributed by atoms with van der Waals surface area (Å²) in [6.07, 6.45) is 0. The first kappa shape index (κ1) is 11.2. The quantitative estimate of drug-likeness (QED) is 0.834. The predicted octanol–water partition coefficient (Wildman–Crippen LogP) is 2.98. The second-order valence-corrected chi connectivity index (χ2v) is 4.68.